The van der Waals surface area contributed by atoms with Crippen LogP contribution >= 0.6 is 0 Å². The van der Waals surface area contributed by atoms with Gasteiger partial charge < -0.3 is 9.64 Å². The summed E-state index contributed by atoms with van der Waals surface area (Å²) in [6.45, 7) is 11.3. The van der Waals surface area contributed by atoms with E-state index in [2.05, 4.69) is 6.58 Å². The molecular weight excluding hydrogens is 272 g/mol. The van der Waals surface area contributed by atoms with E-state index in [0.717, 1.165) is 12.6 Å². The number of nitroso groups, excluding NO2 is 1. The van der Waals surface area contributed by atoms with E-state index in [1.165, 1.54) is 4.90 Å². The summed E-state index contributed by atoms with van der Waals surface area (Å²) < 4.78 is 5.60. The summed E-state index contributed by atoms with van der Waals surface area (Å²) in [5.74, 6) is -0.523. The minimum atomic E-state index is -0.818. The Morgan fingerprint density at radius 2 is 2.05 bits per heavy atom. The van der Waals surface area contributed by atoms with Crippen LogP contribution in [-0.4, -0.2) is 40.4 Å². The molecule has 0 spiro atoms. The van der Waals surface area contributed by atoms with Crippen LogP contribution in [0.25, 0.3) is 0 Å². The Bertz CT molecular complexity index is 453. The molecule has 0 aromatic carbocycles. The van der Waals surface area contributed by atoms with Gasteiger partial charge in [-0.15, -0.1) is 0 Å². The number of hydrogen-bond donors (Lipinski definition) is 0. The van der Waals surface area contributed by atoms with Crippen LogP contribution in [0.15, 0.2) is 12.8 Å². The number of hydrogen-bond acceptors (Lipinski definition) is 4. The van der Waals surface area contributed by atoms with Crippen LogP contribution in [-0.2, 0) is 9.53 Å². The third kappa shape index (κ3) is 4.12. The molecule has 6 nitrogen and oxygen atoms in total. The molecule has 0 N–H and O–H groups in total. The van der Waals surface area contributed by atoms with Gasteiger partial charge >= 0.3 is 12.0 Å². The second-order valence-electron chi connectivity index (χ2n) is 6.50. The van der Waals surface area contributed by atoms with Gasteiger partial charge in [0.25, 0.3) is 0 Å². The molecule has 21 heavy (non-hydrogen) atoms. The first-order chi connectivity index (χ1) is 9.65. The van der Waals surface area contributed by atoms with Crippen molar-refractivity contribution >= 4 is 12.0 Å². The summed E-state index contributed by atoms with van der Waals surface area (Å²) >= 11 is 0. The molecule has 1 unspecified atom stereocenters. The third-order valence-electron chi connectivity index (χ3n) is 3.55. The fourth-order valence-corrected chi connectivity index (χ4v) is 2.64. The normalized spacial score (nSPS) is 22.0. The molecule has 0 aromatic rings. The molecule has 6 heteroatoms. The molecule has 1 rings (SSSR count). The molecule has 0 radical (unpaired) electrons. The van der Waals surface area contributed by atoms with Crippen molar-refractivity contribution in [2.45, 2.75) is 52.6 Å². The molecule has 1 atom stereocenters. The number of carbonyl (C=O) groups is 2. The second kappa shape index (κ2) is 6.37. The number of likely N-dealkylation sites (tertiary alicyclic amines) is 1. The number of nitrogens with zero attached hydrogens (tertiary/aromatic N) is 2. The fourth-order valence-electron chi connectivity index (χ4n) is 2.64. The van der Waals surface area contributed by atoms with Crippen LogP contribution in [0.4, 0.5) is 4.79 Å². The first kappa shape index (κ1) is 17.3. The van der Waals surface area contributed by atoms with Gasteiger partial charge in [0.2, 0.25) is 6.20 Å². The Morgan fingerprint density at radius 1 is 1.43 bits per heavy atom. The predicted molar refractivity (Wildman–Crippen MR) is 78.6 cm³/mol. The predicted octanol–water partition coefficient (Wildman–Crippen LogP) is 2.86. The molecule has 1 aliphatic rings. The highest BCUT2D eigenvalue weighted by Gasteiger charge is 2.53. The number of ether oxygens (including phenoxy) is 1. The van der Waals surface area contributed by atoms with Crippen molar-refractivity contribution in [1.29, 1.82) is 0 Å². The maximum absolute atomic E-state index is 12.3. The zero-order chi connectivity index (χ0) is 16.3. The summed E-state index contributed by atoms with van der Waals surface area (Å²) in [5.41, 5.74) is -1.40. The van der Waals surface area contributed by atoms with Gasteiger partial charge in [0.05, 0.1) is 0 Å². The Labute approximate surface area is 125 Å². The molecule has 1 aliphatic heterocycles. The zero-order valence-corrected chi connectivity index (χ0v) is 13.3. The maximum Gasteiger partial charge on any atom is 0.447 e. The molecule has 0 saturated carbocycles. The first-order valence-corrected chi connectivity index (χ1v) is 7.26. The average molecular weight is 297 g/mol. The Kier molecular flexibility index (Phi) is 5.25. The van der Waals surface area contributed by atoms with E-state index in [9.17, 15) is 14.5 Å². The van der Waals surface area contributed by atoms with Gasteiger partial charge in [-0.2, -0.15) is 0 Å². The van der Waals surface area contributed by atoms with Gasteiger partial charge in [0.1, 0.15) is 15.8 Å². The highest BCUT2D eigenvalue weighted by Crippen LogP contribution is 2.37. The standard InChI is InChI=1S/C15H25N2O4/c1-6-8-15(12(18)17(20)7-2)9-10-16(11-15)13(19)21-14(3,4)5/h7H,2,6,8-11H2,1,3-5H3/q+1. The van der Waals surface area contributed by atoms with Gasteiger partial charge in [-0.1, -0.05) is 13.3 Å². The van der Waals surface area contributed by atoms with Crippen molar-refractivity contribution < 1.29 is 19.1 Å². The van der Waals surface area contributed by atoms with Crippen LogP contribution < -0.4 is 0 Å². The summed E-state index contributed by atoms with van der Waals surface area (Å²) in [4.78, 5) is 37.5. The second-order valence-corrected chi connectivity index (χ2v) is 6.50. The van der Waals surface area contributed by atoms with Gasteiger partial charge in [-0.3, -0.25) is 0 Å². The quantitative estimate of drug-likeness (QED) is 0.748. The summed E-state index contributed by atoms with van der Waals surface area (Å²) in [7, 11) is 0. The van der Waals surface area contributed by atoms with Crippen molar-refractivity contribution in [1.82, 2.24) is 4.90 Å². The van der Waals surface area contributed by atoms with Crippen LogP contribution in [0.2, 0.25) is 0 Å². The maximum atomic E-state index is 12.3. The van der Waals surface area contributed by atoms with E-state index in [0.29, 0.717) is 19.4 Å². The number of rotatable bonds is 4. The smallest absolute Gasteiger partial charge is 0.444 e. The molecule has 1 saturated heterocycles. The molecule has 1 fully saturated rings. The van der Waals surface area contributed by atoms with E-state index in [1.807, 2.05) is 6.92 Å². The minimum Gasteiger partial charge on any atom is -0.444 e. The molecule has 0 bridgehead atoms. The van der Waals surface area contributed by atoms with Crippen molar-refractivity contribution in [3.63, 3.8) is 0 Å². The van der Waals surface area contributed by atoms with Crippen LogP contribution in [0.1, 0.15) is 47.0 Å². The SMILES string of the molecule is C=C[N+](=O)C(=O)C1(CCC)CCN(C(=O)OC(C)(C)C)C1. The van der Waals surface area contributed by atoms with Crippen molar-refractivity contribution in [3.05, 3.63) is 17.7 Å². The largest absolute Gasteiger partial charge is 0.447 e. The summed E-state index contributed by atoms with van der Waals surface area (Å²) in [6.07, 6.45) is 2.34. The van der Waals surface area contributed by atoms with Crippen LogP contribution in [0, 0.1) is 10.3 Å². The van der Waals surface area contributed by atoms with Gasteiger partial charge in [-0.05, 0) is 40.2 Å². The Balaban J connectivity index is 2.87. The lowest BCUT2D eigenvalue weighted by Crippen LogP contribution is -2.41. The molecule has 0 aliphatic carbocycles. The van der Waals surface area contributed by atoms with Gasteiger partial charge in [0, 0.05) is 18.0 Å². The van der Waals surface area contributed by atoms with E-state index in [4.69, 9.17) is 4.74 Å². The Morgan fingerprint density at radius 3 is 2.52 bits per heavy atom. The fraction of sp³-hybridized carbons (Fsp3) is 0.733. The van der Waals surface area contributed by atoms with Crippen LogP contribution in [0.3, 0.4) is 0 Å². The minimum absolute atomic E-state index is 0.223. The van der Waals surface area contributed by atoms with Crippen molar-refractivity contribution in [3.8, 4) is 0 Å². The van der Waals surface area contributed by atoms with E-state index >= 15 is 0 Å². The van der Waals surface area contributed by atoms with Gasteiger partial charge in [-0.25, -0.2) is 9.59 Å². The van der Waals surface area contributed by atoms with Crippen molar-refractivity contribution in [2.75, 3.05) is 13.1 Å². The lowest BCUT2D eigenvalue weighted by Gasteiger charge is -2.26. The van der Waals surface area contributed by atoms with E-state index in [1.54, 1.807) is 20.8 Å². The Hall–Kier alpha value is -1.72. The highest BCUT2D eigenvalue weighted by atomic mass is 16.6. The first-order valence-electron chi connectivity index (χ1n) is 7.26. The van der Waals surface area contributed by atoms with Crippen molar-refractivity contribution in [2.24, 2.45) is 5.41 Å². The lowest BCUT2D eigenvalue weighted by atomic mass is 9.81. The molecular formula is C15H25N2O4+. The molecule has 118 valence electrons. The zero-order valence-electron chi connectivity index (χ0n) is 13.3. The topological polar surface area (TPSA) is 66.7 Å². The third-order valence-corrected chi connectivity index (χ3v) is 3.55. The molecule has 1 heterocycles. The highest BCUT2D eigenvalue weighted by molar-refractivity contribution is 5.78. The average Bonchev–Trinajstić information content (AvgIpc) is 2.81. The van der Waals surface area contributed by atoms with Gasteiger partial charge in [0.15, 0.2) is 0 Å². The summed E-state index contributed by atoms with van der Waals surface area (Å²) in [6, 6.07) is 0. The van der Waals surface area contributed by atoms with Crippen LogP contribution in [0.5, 0.6) is 0 Å². The molecule has 2 amide bonds. The number of carbonyl (C=O) groups excluding carboxylic acids is 2. The summed E-state index contributed by atoms with van der Waals surface area (Å²) in [5, 5.41) is 0. The monoisotopic (exact) mass is 297 g/mol. The molecule has 0 aromatic heterocycles. The number of amides is 2. The van der Waals surface area contributed by atoms with E-state index < -0.39 is 23.0 Å². The van der Waals surface area contributed by atoms with E-state index in [-0.39, 0.29) is 11.3 Å². The lowest BCUT2D eigenvalue weighted by molar-refractivity contribution is -0.411.